The number of hydrogen-bond donors (Lipinski definition) is 0. The average molecular weight is 762 g/mol. The maximum atomic E-state index is 5.26. The Kier molecular flexibility index (Phi) is 10.7. The van der Waals surface area contributed by atoms with Crippen molar-refractivity contribution in [3.8, 4) is 11.4 Å². The smallest absolute Gasteiger partial charge is 0.240 e. The van der Waals surface area contributed by atoms with Crippen molar-refractivity contribution >= 4 is 66.5 Å². The molecule has 0 saturated heterocycles. The van der Waals surface area contributed by atoms with E-state index in [0.717, 1.165) is 50.1 Å². The highest BCUT2D eigenvalue weighted by molar-refractivity contribution is 9.10. The van der Waals surface area contributed by atoms with E-state index < -0.39 is 0 Å². The van der Waals surface area contributed by atoms with Gasteiger partial charge in [-0.1, -0.05) is 114 Å². The predicted molar refractivity (Wildman–Crippen MR) is 207 cm³/mol. The summed E-state index contributed by atoms with van der Waals surface area (Å²) in [5.41, 5.74) is 7.34. The minimum Gasteiger partial charge on any atom is -0.279 e. The molecule has 0 aliphatic carbocycles. The van der Waals surface area contributed by atoms with Crippen molar-refractivity contribution in [3.05, 3.63) is 147 Å². The second-order valence-electron chi connectivity index (χ2n) is 12.1. The van der Waals surface area contributed by atoms with E-state index in [1.54, 1.807) is 0 Å². The van der Waals surface area contributed by atoms with E-state index in [1.807, 2.05) is 54.6 Å². The molecular formula is C41H39Br2N5. The van der Waals surface area contributed by atoms with Crippen molar-refractivity contribution in [1.82, 2.24) is 15.0 Å². The maximum Gasteiger partial charge on any atom is 0.240 e. The first-order valence-electron chi connectivity index (χ1n) is 16.5. The molecule has 2 atom stereocenters. The van der Waals surface area contributed by atoms with E-state index >= 15 is 0 Å². The number of hydrogen-bond acceptors (Lipinski definition) is 5. The lowest BCUT2D eigenvalue weighted by molar-refractivity contribution is 0.733. The zero-order valence-electron chi connectivity index (χ0n) is 27.7. The molecular weight excluding hydrogens is 722 g/mol. The van der Waals surface area contributed by atoms with Gasteiger partial charge >= 0.3 is 0 Å². The van der Waals surface area contributed by atoms with Crippen molar-refractivity contribution in [3.63, 3.8) is 0 Å². The Morgan fingerprint density at radius 2 is 0.833 bits per heavy atom. The van der Waals surface area contributed by atoms with Gasteiger partial charge in [0, 0.05) is 37.3 Å². The van der Waals surface area contributed by atoms with Gasteiger partial charge in [-0.25, -0.2) is 0 Å². The van der Waals surface area contributed by atoms with Crippen LogP contribution in [0.3, 0.4) is 0 Å². The lowest BCUT2D eigenvalue weighted by Gasteiger charge is -2.28. The molecule has 1 aromatic heterocycles. The van der Waals surface area contributed by atoms with E-state index in [-0.39, 0.29) is 0 Å². The second kappa shape index (κ2) is 15.3. The highest BCUT2D eigenvalue weighted by Crippen LogP contribution is 2.39. The first kappa shape index (κ1) is 33.6. The van der Waals surface area contributed by atoms with Gasteiger partial charge in [0.2, 0.25) is 11.9 Å². The zero-order valence-corrected chi connectivity index (χ0v) is 30.9. The molecule has 6 aromatic rings. The molecule has 242 valence electrons. The zero-order chi connectivity index (χ0) is 33.6. The van der Waals surface area contributed by atoms with Gasteiger partial charge in [-0.15, -0.1) is 0 Å². The van der Waals surface area contributed by atoms with E-state index in [4.69, 9.17) is 15.0 Å². The molecule has 0 radical (unpaired) electrons. The van der Waals surface area contributed by atoms with E-state index in [1.165, 1.54) is 11.1 Å². The topological polar surface area (TPSA) is 45.2 Å². The number of nitrogens with zero attached hydrogens (tertiary/aromatic N) is 5. The molecule has 0 bridgehead atoms. The highest BCUT2D eigenvalue weighted by Gasteiger charge is 2.23. The molecule has 0 aliphatic heterocycles. The maximum absolute atomic E-state index is 5.26. The minimum atomic E-state index is 0.472. The summed E-state index contributed by atoms with van der Waals surface area (Å²) in [5.74, 6) is 2.58. The van der Waals surface area contributed by atoms with Gasteiger partial charge in [0.1, 0.15) is 0 Å². The summed E-state index contributed by atoms with van der Waals surface area (Å²) in [4.78, 5) is 19.8. The number of anilines is 6. The van der Waals surface area contributed by atoms with Crippen LogP contribution in [-0.4, -0.2) is 15.0 Å². The SMILES string of the molecule is CCC(C)c1ccc(N(c2ccc(Br)cc2)c2nc(-c3ccccc3)nc(N(c3ccc(Br)cc3)c3ccc(C(C)CC)cc3)n2)cc1. The lowest BCUT2D eigenvalue weighted by Crippen LogP contribution is -2.19. The molecule has 0 N–H and O–H groups in total. The summed E-state index contributed by atoms with van der Waals surface area (Å²) in [6, 6.07) is 44.1. The van der Waals surface area contributed by atoms with Crippen LogP contribution in [0.25, 0.3) is 11.4 Å². The van der Waals surface area contributed by atoms with Crippen LogP contribution < -0.4 is 9.80 Å². The quantitative estimate of drug-likeness (QED) is 0.132. The molecule has 0 aliphatic rings. The third-order valence-electron chi connectivity index (χ3n) is 8.88. The number of benzene rings is 5. The van der Waals surface area contributed by atoms with Gasteiger partial charge in [-0.2, -0.15) is 15.0 Å². The van der Waals surface area contributed by atoms with Crippen molar-refractivity contribution in [1.29, 1.82) is 0 Å². The van der Waals surface area contributed by atoms with Crippen LogP contribution in [-0.2, 0) is 0 Å². The third kappa shape index (κ3) is 7.53. The summed E-state index contributed by atoms with van der Waals surface area (Å²) < 4.78 is 2.00. The molecule has 5 aromatic carbocycles. The van der Waals surface area contributed by atoms with Gasteiger partial charge in [0.25, 0.3) is 0 Å². The Morgan fingerprint density at radius 1 is 0.479 bits per heavy atom. The molecule has 0 amide bonds. The van der Waals surface area contributed by atoms with Crippen molar-refractivity contribution in [2.45, 2.75) is 52.4 Å². The summed E-state index contributed by atoms with van der Waals surface area (Å²) in [6.45, 7) is 8.97. The molecule has 6 rings (SSSR count). The Bertz CT molecular complexity index is 1810. The van der Waals surface area contributed by atoms with Crippen molar-refractivity contribution in [2.75, 3.05) is 9.80 Å². The van der Waals surface area contributed by atoms with Gasteiger partial charge in [-0.05, 0) is 109 Å². The molecule has 5 nitrogen and oxygen atoms in total. The summed E-state index contributed by atoms with van der Waals surface area (Å²) >= 11 is 7.24. The molecule has 1 heterocycles. The fourth-order valence-corrected chi connectivity index (χ4v) is 6.11. The minimum absolute atomic E-state index is 0.472. The van der Waals surface area contributed by atoms with E-state index in [9.17, 15) is 0 Å². The molecule has 7 heteroatoms. The van der Waals surface area contributed by atoms with E-state index in [0.29, 0.717) is 29.6 Å². The first-order valence-corrected chi connectivity index (χ1v) is 18.1. The lowest BCUT2D eigenvalue weighted by atomic mass is 9.98. The van der Waals surface area contributed by atoms with Crippen LogP contribution in [0.15, 0.2) is 136 Å². The summed E-state index contributed by atoms with van der Waals surface area (Å²) in [6.07, 6.45) is 2.16. The number of halogens is 2. The van der Waals surface area contributed by atoms with Crippen LogP contribution in [0.5, 0.6) is 0 Å². The summed E-state index contributed by atoms with van der Waals surface area (Å²) in [5, 5.41) is 0. The van der Waals surface area contributed by atoms with Crippen LogP contribution >= 0.6 is 31.9 Å². The van der Waals surface area contributed by atoms with Gasteiger partial charge in [0.15, 0.2) is 5.82 Å². The van der Waals surface area contributed by atoms with E-state index in [2.05, 4.69) is 142 Å². The monoisotopic (exact) mass is 759 g/mol. The number of rotatable bonds is 11. The molecule has 0 fully saturated rings. The fraction of sp³-hybridized carbons (Fsp3) is 0.195. The van der Waals surface area contributed by atoms with Crippen LogP contribution in [0.1, 0.15) is 63.5 Å². The van der Waals surface area contributed by atoms with Crippen LogP contribution in [0.4, 0.5) is 34.6 Å². The molecule has 0 spiro atoms. The first-order chi connectivity index (χ1) is 23.3. The Morgan fingerprint density at radius 3 is 1.19 bits per heavy atom. The average Bonchev–Trinajstić information content (AvgIpc) is 3.13. The second-order valence-corrected chi connectivity index (χ2v) is 13.9. The third-order valence-corrected chi connectivity index (χ3v) is 9.94. The number of aromatic nitrogens is 3. The fourth-order valence-electron chi connectivity index (χ4n) is 5.59. The molecule has 0 saturated carbocycles. The van der Waals surface area contributed by atoms with Gasteiger partial charge in [-0.3, -0.25) is 9.80 Å². The van der Waals surface area contributed by atoms with Crippen molar-refractivity contribution < 1.29 is 0 Å². The van der Waals surface area contributed by atoms with Crippen molar-refractivity contribution in [2.24, 2.45) is 0 Å². The Balaban J connectivity index is 1.58. The van der Waals surface area contributed by atoms with Crippen LogP contribution in [0, 0.1) is 0 Å². The molecule has 48 heavy (non-hydrogen) atoms. The normalized spacial score (nSPS) is 12.4. The standard InChI is InChI=1S/C41H39Br2N5/c1-5-28(3)30-12-20-35(21-13-30)47(37-24-16-33(42)17-25-37)40-44-39(32-10-8-7-9-11-32)45-41(46-40)48(38-26-18-34(43)19-27-38)36-22-14-31(15-23-36)29(4)6-2/h7-29H,5-6H2,1-4H3. The largest absolute Gasteiger partial charge is 0.279 e. The van der Waals surface area contributed by atoms with Crippen LogP contribution in [0.2, 0.25) is 0 Å². The predicted octanol–water partition coefficient (Wildman–Crippen LogP) is 13.0. The highest BCUT2D eigenvalue weighted by atomic mass is 79.9. The van der Waals surface area contributed by atoms with Gasteiger partial charge in [0.05, 0.1) is 0 Å². The van der Waals surface area contributed by atoms with Gasteiger partial charge < -0.3 is 0 Å². The Labute approximate surface area is 301 Å². The Hall–Kier alpha value is -4.33. The molecule has 2 unspecified atom stereocenters. The summed E-state index contributed by atoms with van der Waals surface area (Å²) in [7, 11) is 0.